The van der Waals surface area contributed by atoms with Gasteiger partial charge < -0.3 is 0 Å². The van der Waals surface area contributed by atoms with Gasteiger partial charge in [0.2, 0.25) is 0 Å². The van der Waals surface area contributed by atoms with Crippen LogP contribution in [0.2, 0.25) is 118 Å². The summed E-state index contributed by atoms with van der Waals surface area (Å²) in [5.41, 5.74) is 2.79. The Morgan fingerprint density at radius 3 is 0.825 bits per heavy atom. The van der Waals surface area contributed by atoms with E-state index in [1.165, 1.54) is 16.0 Å². The van der Waals surface area contributed by atoms with Gasteiger partial charge in [0.1, 0.15) is 0 Å². The second-order valence-corrected chi connectivity index (χ2v) is 93.1. The van der Waals surface area contributed by atoms with Crippen molar-refractivity contribution in [2.45, 2.75) is 171 Å². The van der Waals surface area contributed by atoms with Crippen LogP contribution in [-0.2, 0) is 0 Å². The van der Waals surface area contributed by atoms with E-state index >= 15 is 0 Å². The predicted molar refractivity (Wildman–Crippen MR) is 212 cm³/mol. The van der Waals surface area contributed by atoms with Gasteiger partial charge in [-0.15, -0.1) is 0 Å². The average molecular weight is 748 g/mol. The number of rotatable bonds is 8. The average Bonchev–Trinajstić information content (AvgIpc) is 2.75. The SMILES string of the molecule is C[Si](C)(C)[Si]([Si](C)(C)C)[Si](C)(C)C.C[Si](C)(C)[Si]([Si](C)(C)C)[Si](C)(C)C.Cc1c(C)[n+](C(C)C)[c]([Ge])n1C(C)C. The zero-order valence-electron chi connectivity index (χ0n) is 32.0. The van der Waals surface area contributed by atoms with Crippen molar-refractivity contribution in [2.75, 3.05) is 0 Å². The van der Waals surface area contributed by atoms with Crippen LogP contribution in [0.3, 0.4) is 0 Å². The first kappa shape index (κ1) is 43.6. The molecule has 1 rings (SSSR count). The Hall–Kier alpha value is 1.49. The Kier molecular flexibility index (Phi) is 16.6. The molecule has 0 aliphatic rings. The first-order valence-electron chi connectivity index (χ1n) is 15.7. The third-order valence-corrected chi connectivity index (χ3v) is 125. The molecule has 5 radical (unpaired) electrons. The Balaban J connectivity index is 0. The fraction of sp³-hybridized carbons (Fsp3) is 0.897. The minimum absolute atomic E-state index is 0.0255. The number of hydrogen-bond acceptors (Lipinski definition) is 0. The molecule has 0 unspecified atom stereocenters. The summed E-state index contributed by atoms with van der Waals surface area (Å²) in [6.07, 6.45) is 0. The summed E-state index contributed by atoms with van der Waals surface area (Å²) in [5.74, 6) is 0. The zero-order valence-corrected chi connectivity index (χ0v) is 42.1. The van der Waals surface area contributed by atoms with E-state index in [9.17, 15) is 0 Å². The van der Waals surface area contributed by atoms with Gasteiger partial charge in [0, 0.05) is 60.2 Å². The summed E-state index contributed by atoms with van der Waals surface area (Å²) < 4.78 is 6.19. The van der Waals surface area contributed by atoms with E-state index in [0.29, 0.717) is 12.1 Å². The van der Waals surface area contributed by atoms with Crippen LogP contribution < -0.4 is 9.22 Å². The molecule has 1 aromatic rings. The van der Waals surface area contributed by atoms with E-state index in [0.717, 1.165) is 0 Å². The van der Waals surface area contributed by atoms with E-state index in [2.05, 4.69) is 185 Å². The predicted octanol–water partition coefficient (Wildman–Crippen LogP) is 8.81. The van der Waals surface area contributed by atoms with E-state index in [4.69, 9.17) is 0 Å². The van der Waals surface area contributed by atoms with Crippen molar-refractivity contribution in [3.8, 4) is 0 Å². The topological polar surface area (TPSA) is 8.81 Å². The molecule has 0 bridgehead atoms. The monoisotopic (exact) mass is 748 g/mol. The van der Waals surface area contributed by atoms with Crippen LogP contribution in [0.1, 0.15) is 51.2 Å². The number of aromatic nitrogens is 2. The molecular formula is C29H74GeN2Si8+. The second-order valence-electron chi connectivity index (χ2n) is 18.7. The van der Waals surface area contributed by atoms with Crippen LogP contribution in [0.5, 0.6) is 0 Å². The second kappa shape index (κ2) is 15.2. The molecule has 0 fully saturated rings. The van der Waals surface area contributed by atoms with Gasteiger partial charge in [0.25, 0.3) is 0 Å². The summed E-state index contributed by atoms with van der Waals surface area (Å²) >= 11 is 2.21. The Labute approximate surface area is 271 Å². The van der Waals surface area contributed by atoms with Crippen molar-refractivity contribution in [3.63, 3.8) is 0 Å². The molecule has 0 aliphatic carbocycles. The van der Waals surface area contributed by atoms with E-state index < -0.39 is 45.5 Å². The Morgan fingerprint density at radius 1 is 0.525 bits per heavy atom. The van der Waals surface area contributed by atoms with Crippen LogP contribution in [0, 0.1) is 13.8 Å². The van der Waals surface area contributed by atoms with Crippen LogP contribution in [-0.4, -0.2) is 81.3 Å². The van der Waals surface area contributed by atoms with E-state index in [1.54, 1.807) is 0 Å². The molecule has 1 aromatic heterocycles. The summed E-state index contributed by atoms with van der Waals surface area (Å²) in [6, 6.07) is 1.10. The van der Waals surface area contributed by atoms with Crippen molar-refractivity contribution >= 4 is 81.4 Å². The Morgan fingerprint density at radius 2 is 0.750 bits per heavy atom. The molecule has 0 spiro atoms. The van der Waals surface area contributed by atoms with Crippen LogP contribution in [0.4, 0.5) is 0 Å². The number of nitrogens with zero attached hydrogens (tertiary/aromatic N) is 2. The molecule has 1 heterocycles. The van der Waals surface area contributed by atoms with Crippen molar-refractivity contribution in [3.05, 3.63) is 11.4 Å². The molecule has 2 nitrogen and oxygen atoms in total. The first-order valence-corrected chi connectivity index (χ1v) is 46.8. The van der Waals surface area contributed by atoms with Gasteiger partial charge in [-0.3, -0.25) is 0 Å². The number of hydrogen-bond donors (Lipinski definition) is 0. The van der Waals surface area contributed by atoms with E-state index in [1.807, 2.05) is 0 Å². The maximum atomic E-state index is 2.61. The van der Waals surface area contributed by atoms with Crippen molar-refractivity contribution in [1.82, 2.24) is 4.57 Å². The molecule has 0 saturated heterocycles. The molecule has 0 aromatic carbocycles. The van der Waals surface area contributed by atoms with Gasteiger partial charge in [-0.05, 0) is 0 Å². The molecular weight excluding hydrogens is 674 g/mol. The fourth-order valence-electron chi connectivity index (χ4n) is 8.80. The van der Waals surface area contributed by atoms with Gasteiger partial charge in [-0.25, -0.2) is 0 Å². The Bertz CT molecular complexity index is 777. The summed E-state index contributed by atoms with van der Waals surface area (Å²) in [6.45, 7) is 60.3. The van der Waals surface area contributed by atoms with Gasteiger partial charge in [-0.1, -0.05) is 118 Å². The third kappa shape index (κ3) is 13.6. The van der Waals surface area contributed by atoms with Crippen LogP contribution >= 0.6 is 0 Å². The molecule has 0 N–H and O–H groups in total. The van der Waals surface area contributed by atoms with Crippen molar-refractivity contribution < 1.29 is 4.57 Å². The van der Waals surface area contributed by atoms with Gasteiger partial charge >= 0.3 is 95.3 Å². The van der Waals surface area contributed by atoms with Crippen LogP contribution in [0.15, 0.2) is 0 Å². The molecule has 11 heteroatoms. The molecule has 235 valence electrons. The summed E-state index contributed by atoms with van der Waals surface area (Å²) in [5, 5.41) is 0. The standard InChI is InChI=1S/C11H20GeN2.2C9H27Si4/c1-7(2)13-9(5)10(6)14(8(3)4)11(13)12;2*1-11(2,3)10(12(4,5)6)13(7,8)9/h7-8H,1-6H3;2*1-9H3/q+1;;. The maximum absolute atomic E-state index is 2.61. The van der Waals surface area contributed by atoms with Crippen molar-refractivity contribution in [1.29, 1.82) is 0 Å². The van der Waals surface area contributed by atoms with Crippen LogP contribution in [0.25, 0.3) is 0 Å². The molecule has 40 heavy (non-hydrogen) atoms. The zero-order chi connectivity index (χ0) is 33.2. The van der Waals surface area contributed by atoms with Gasteiger partial charge in [-0.2, -0.15) is 0 Å². The van der Waals surface area contributed by atoms with E-state index in [-0.39, 0.29) is 14.7 Å². The molecule has 0 aliphatic heterocycles. The molecule has 0 amide bonds. The summed E-state index contributed by atoms with van der Waals surface area (Å²) in [4.78, 5) is 0. The van der Waals surface area contributed by atoms with Gasteiger partial charge in [0.05, 0.1) is 0 Å². The number of imidazole rings is 1. The molecule has 0 saturated carbocycles. The summed E-state index contributed by atoms with van der Waals surface area (Å²) in [7, 11) is -4.94. The minimum atomic E-state index is -0.832. The fourth-order valence-corrected chi connectivity index (χ4v) is 186. The van der Waals surface area contributed by atoms with Gasteiger partial charge in [0.15, 0.2) is 0 Å². The normalized spacial score (nSPS) is 14.0. The first-order chi connectivity index (χ1) is 17.1. The third-order valence-electron chi connectivity index (χ3n) is 7.24. The quantitative estimate of drug-likeness (QED) is 0.186. The molecule has 0 atom stereocenters. The van der Waals surface area contributed by atoms with Crippen molar-refractivity contribution in [2.24, 2.45) is 0 Å².